The molecule has 0 aliphatic heterocycles. The molecule has 1 N–H and O–H groups in total. The lowest BCUT2D eigenvalue weighted by Crippen LogP contribution is -2.43. The van der Waals surface area contributed by atoms with Gasteiger partial charge in [-0.15, -0.1) is 0 Å². The summed E-state index contributed by atoms with van der Waals surface area (Å²) in [5, 5.41) is 3.86. The van der Waals surface area contributed by atoms with Crippen LogP contribution in [0, 0.1) is 5.41 Å². The Balaban J connectivity index is 2.14. The quantitative estimate of drug-likeness (QED) is 0.874. The van der Waals surface area contributed by atoms with Gasteiger partial charge in [-0.3, -0.25) is 0 Å². The second-order valence-corrected chi connectivity index (χ2v) is 7.92. The molecule has 0 bridgehead atoms. The van der Waals surface area contributed by atoms with Crippen LogP contribution >= 0.6 is 0 Å². The van der Waals surface area contributed by atoms with Crippen molar-refractivity contribution in [3.05, 3.63) is 29.3 Å². The fraction of sp³-hybridized carbons (Fsp3) is 0.667. The van der Waals surface area contributed by atoms with Gasteiger partial charge in [-0.25, -0.2) is 0 Å². The van der Waals surface area contributed by atoms with Crippen molar-refractivity contribution in [2.75, 3.05) is 7.11 Å². The van der Waals surface area contributed by atoms with E-state index >= 15 is 0 Å². The van der Waals surface area contributed by atoms with Crippen LogP contribution in [0.25, 0.3) is 0 Å². The summed E-state index contributed by atoms with van der Waals surface area (Å²) >= 11 is 0. The molecule has 0 fully saturated rings. The van der Waals surface area contributed by atoms with Gasteiger partial charge in [0.25, 0.3) is 0 Å². The SMILES string of the molecule is COc1ccc2c(c1)C(NC(C)(C)CC(C)(C)C)CC2. The molecule has 1 aromatic rings. The minimum absolute atomic E-state index is 0.146. The third kappa shape index (κ3) is 3.76. The predicted octanol–water partition coefficient (Wildman–Crippen LogP) is 4.49. The highest BCUT2D eigenvalue weighted by Gasteiger charge is 2.31. The van der Waals surface area contributed by atoms with E-state index in [9.17, 15) is 0 Å². The first kappa shape index (κ1) is 15.4. The molecule has 1 aliphatic carbocycles. The van der Waals surface area contributed by atoms with Crippen molar-refractivity contribution in [2.45, 2.75) is 65.5 Å². The minimum atomic E-state index is 0.146. The molecule has 20 heavy (non-hydrogen) atoms. The van der Waals surface area contributed by atoms with Crippen LogP contribution < -0.4 is 10.1 Å². The molecule has 0 spiro atoms. The maximum absolute atomic E-state index is 5.37. The average Bonchev–Trinajstić information content (AvgIpc) is 2.67. The smallest absolute Gasteiger partial charge is 0.119 e. The van der Waals surface area contributed by atoms with Gasteiger partial charge in [-0.1, -0.05) is 26.8 Å². The molecule has 0 heterocycles. The summed E-state index contributed by atoms with van der Waals surface area (Å²) in [6.45, 7) is 11.6. The third-order valence-corrected chi connectivity index (χ3v) is 3.97. The first-order chi connectivity index (χ1) is 9.20. The number of aryl methyl sites for hydroxylation is 1. The summed E-state index contributed by atoms with van der Waals surface area (Å²) in [5.74, 6) is 0.964. The Bertz CT molecular complexity index is 471. The van der Waals surface area contributed by atoms with Gasteiger partial charge in [0, 0.05) is 11.6 Å². The Hall–Kier alpha value is -1.02. The zero-order valence-electron chi connectivity index (χ0n) is 13.8. The van der Waals surface area contributed by atoms with Gasteiger partial charge in [0.15, 0.2) is 0 Å². The molecule has 0 saturated heterocycles. The van der Waals surface area contributed by atoms with Crippen molar-refractivity contribution in [2.24, 2.45) is 5.41 Å². The summed E-state index contributed by atoms with van der Waals surface area (Å²) in [6, 6.07) is 6.94. The van der Waals surface area contributed by atoms with Crippen LogP contribution in [0.2, 0.25) is 0 Å². The first-order valence-electron chi connectivity index (χ1n) is 7.65. The molecule has 1 aliphatic rings. The molecule has 2 nitrogen and oxygen atoms in total. The molecule has 0 saturated carbocycles. The third-order valence-electron chi connectivity index (χ3n) is 3.97. The zero-order valence-corrected chi connectivity index (χ0v) is 13.8. The highest BCUT2D eigenvalue weighted by Crippen LogP contribution is 2.37. The van der Waals surface area contributed by atoms with E-state index in [1.54, 1.807) is 7.11 Å². The molecular weight excluding hydrogens is 246 g/mol. The van der Waals surface area contributed by atoms with Gasteiger partial charge in [-0.05, 0) is 61.8 Å². The average molecular weight is 275 g/mol. The summed E-state index contributed by atoms with van der Waals surface area (Å²) in [4.78, 5) is 0. The molecule has 1 unspecified atom stereocenters. The molecule has 2 heteroatoms. The maximum Gasteiger partial charge on any atom is 0.119 e. The maximum atomic E-state index is 5.37. The fourth-order valence-corrected chi connectivity index (χ4v) is 3.71. The Kier molecular flexibility index (Phi) is 4.15. The number of methoxy groups -OCH3 is 1. The number of ether oxygens (including phenoxy) is 1. The Morgan fingerprint density at radius 3 is 2.50 bits per heavy atom. The van der Waals surface area contributed by atoms with Crippen LogP contribution in [0.4, 0.5) is 0 Å². The van der Waals surface area contributed by atoms with E-state index in [4.69, 9.17) is 4.74 Å². The number of fused-ring (bicyclic) bond motifs is 1. The van der Waals surface area contributed by atoms with E-state index < -0.39 is 0 Å². The number of benzene rings is 1. The molecule has 1 aromatic carbocycles. The number of nitrogens with one attached hydrogen (secondary N) is 1. The van der Waals surface area contributed by atoms with Gasteiger partial charge in [-0.2, -0.15) is 0 Å². The fourth-order valence-electron chi connectivity index (χ4n) is 3.71. The summed E-state index contributed by atoms with van der Waals surface area (Å²) in [6.07, 6.45) is 3.52. The Labute approximate surface area is 123 Å². The van der Waals surface area contributed by atoms with Crippen LogP contribution in [0.15, 0.2) is 18.2 Å². The highest BCUT2D eigenvalue weighted by atomic mass is 16.5. The Morgan fingerprint density at radius 2 is 1.90 bits per heavy atom. The van der Waals surface area contributed by atoms with E-state index in [2.05, 4.69) is 58.1 Å². The van der Waals surface area contributed by atoms with Crippen molar-refractivity contribution in [1.29, 1.82) is 0 Å². The second-order valence-electron chi connectivity index (χ2n) is 7.92. The summed E-state index contributed by atoms with van der Waals surface area (Å²) in [5.41, 5.74) is 3.38. The summed E-state index contributed by atoms with van der Waals surface area (Å²) in [7, 11) is 1.74. The number of hydrogen-bond donors (Lipinski definition) is 1. The number of rotatable bonds is 4. The predicted molar refractivity (Wildman–Crippen MR) is 85.3 cm³/mol. The standard InChI is InChI=1S/C18H29NO/c1-17(2,3)12-18(4,5)19-16-10-8-13-7-9-14(20-6)11-15(13)16/h7,9,11,16,19H,8,10,12H2,1-6H3. The van der Waals surface area contributed by atoms with Crippen molar-refractivity contribution in [1.82, 2.24) is 5.32 Å². The lowest BCUT2D eigenvalue weighted by molar-refractivity contribution is 0.222. The van der Waals surface area contributed by atoms with Crippen LogP contribution in [0.1, 0.15) is 64.6 Å². The topological polar surface area (TPSA) is 21.3 Å². The Morgan fingerprint density at radius 1 is 1.20 bits per heavy atom. The molecule has 0 aromatic heterocycles. The van der Waals surface area contributed by atoms with Gasteiger partial charge >= 0.3 is 0 Å². The lowest BCUT2D eigenvalue weighted by atomic mass is 9.81. The van der Waals surface area contributed by atoms with Crippen LogP contribution in [0.3, 0.4) is 0 Å². The van der Waals surface area contributed by atoms with E-state index in [0.29, 0.717) is 11.5 Å². The van der Waals surface area contributed by atoms with E-state index in [0.717, 1.165) is 12.2 Å². The molecule has 0 amide bonds. The molecular formula is C18H29NO. The van der Waals surface area contributed by atoms with Gasteiger partial charge in [0.1, 0.15) is 5.75 Å². The normalized spacial score (nSPS) is 19.0. The van der Waals surface area contributed by atoms with Crippen molar-refractivity contribution in [3.63, 3.8) is 0 Å². The van der Waals surface area contributed by atoms with Gasteiger partial charge in [0.2, 0.25) is 0 Å². The molecule has 0 radical (unpaired) electrons. The van der Waals surface area contributed by atoms with Crippen LogP contribution in [-0.4, -0.2) is 12.6 Å². The largest absolute Gasteiger partial charge is 0.497 e. The lowest BCUT2D eigenvalue weighted by Gasteiger charge is -2.36. The van der Waals surface area contributed by atoms with Crippen molar-refractivity contribution >= 4 is 0 Å². The van der Waals surface area contributed by atoms with Crippen LogP contribution in [-0.2, 0) is 6.42 Å². The van der Waals surface area contributed by atoms with E-state index in [-0.39, 0.29) is 5.54 Å². The van der Waals surface area contributed by atoms with E-state index in [1.807, 2.05) is 0 Å². The minimum Gasteiger partial charge on any atom is -0.497 e. The number of hydrogen-bond acceptors (Lipinski definition) is 2. The first-order valence-corrected chi connectivity index (χ1v) is 7.65. The highest BCUT2D eigenvalue weighted by molar-refractivity contribution is 5.41. The van der Waals surface area contributed by atoms with Crippen LogP contribution in [0.5, 0.6) is 5.75 Å². The zero-order chi connectivity index (χ0) is 15.0. The van der Waals surface area contributed by atoms with E-state index in [1.165, 1.54) is 24.0 Å². The van der Waals surface area contributed by atoms with Crippen molar-refractivity contribution in [3.8, 4) is 5.75 Å². The van der Waals surface area contributed by atoms with Gasteiger partial charge in [0.05, 0.1) is 7.11 Å². The molecule has 1 atom stereocenters. The summed E-state index contributed by atoms with van der Waals surface area (Å²) < 4.78 is 5.37. The van der Waals surface area contributed by atoms with Crippen molar-refractivity contribution < 1.29 is 4.74 Å². The second kappa shape index (κ2) is 5.40. The van der Waals surface area contributed by atoms with Gasteiger partial charge < -0.3 is 10.1 Å². The monoisotopic (exact) mass is 275 g/mol. The molecule has 2 rings (SSSR count). The molecule has 112 valence electrons.